The number of para-hydroxylation sites is 1. The maximum atomic E-state index is 11.9. The van der Waals surface area contributed by atoms with Crippen LogP contribution in [0.4, 0.5) is 0 Å². The van der Waals surface area contributed by atoms with Crippen LogP contribution in [-0.2, 0) is 4.79 Å². The van der Waals surface area contributed by atoms with E-state index in [9.17, 15) is 4.79 Å². The van der Waals surface area contributed by atoms with Crippen LogP contribution >= 0.6 is 35.8 Å². The zero-order chi connectivity index (χ0) is 15.7. The summed E-state index contributed by atoms with van der Waals surface area (Å²) in [6.07, 6.45) is 3.32. The molecule has 0 fully saturated rings. The van der Waals surface area contributed by atoms with Crippen molar-refractivity contribution >= 4 is 41.7 Å². The van der Waals surface area contributed by atoms with Crippen molar-refractivity contribution in [2.45, 2.75) is 31.9 Å². The second-order valence-corrected chi connectivity index (χ2v) is 6.10. The highest BCUT2D eigenvalue weighted by molar-refractivity contribution is 7.98. The van der Waals surface area contributed by atoms with Crippen LogP contribution in [-0.4, -0.2) is 36.6 Å². The Morgan fingerprint density at radius 2 is 2.14 bits per heavy atom. The maximum absolute atomic E-state index is 11.9. The number of thioether (sulfide) groups is 1. The minimum absolute atomic E-state index is 0. The first-order valence-corrected chi connectivity index (χ1v) is 8.79. The molecule has 7 heteroatoms. The molecule has 0 aromatic heterocycles. The van der Waals surface area contributed by atoms with Crippen LogP contribution in [0.1, 0.15) is 19.8 Å². The average Bonchev–Trinajstić information content (AvgIpc) is 2.50. The van der Waals surface area contributed by atoms with E-state index in [1.165, 1.54) is 0 Å². The highest BCUT2D eigenvalue weighted by Gasteiger charge is 2.16. The number of halogens is 2. The van der Waals surface area contributed by atoms with Gasteiger partial charge in [-0.2, -0.15) is 11.8 Å². The van der Waals surface area contributed by atoms with Crippen LogP contribution in [0.15, 0.2) is 24.3 Å². The van der Waals surface area contributed by atoms with E-state index in [0.717, 1.165) is 12.2 Å². The van der Waals surface area contributed by atoms with Crippen LogP contribution in [0.25, 0.3) is 0 Å². The van der Waals surface area contributed by atoms with Crippen LogP contribution in [0.3, 0.4) is 0 Å². The van der Waals surface area contributed by atoms with Crippen LogP contribution < -0.4 is 15.8 Å². The number of amides is 1. The van der Waals surface area contributed by atoms with E-state index in [4.69, 9.17) is 22.1 Å². The molecular weight excluding hydrogens is 343 g/mol. The fraction of sp³-hybridized carbons (Fsp3) is 0.533. The Kier molecular flexibility index (Phi) is 11.5. The minimum atomic E-state index is -0.463. The first kappa shape index (κ1) is 21.4. The molecule has 126 valence electrons. The normalized spacial score (nSPS) is 12.9. The second-order valence-electron chi connectivity index (χ2n) is 4.71. The zero-order valence-corrected chi connectivity index (χ0v) is 15.3. The molecule has 0 aliphatic rings. The molecule has 4 nitrogen and oxygen atoms in total. The van der Waals surface area contributed by atoms with Crippen LogP contribution in [0, 0.1) is 0 Å². The molecule has 1 rings (SSSR count). The summed E-state index contributed by atoms with van der Waals surface area (Å²) >= 11 is 7.74. The first-order valence-electron chi connectivity index (χ1n) is 7.01. The summed E-state index contributed by atoms with van der Waals surface area (Å²) in [7, 11) is 0. The van der Waals surface area contributed by atoms with E-state index in [1.54, 1.807) is 17.8 Å². The molecule has 3 N–H and O–H groups in total. The Morgan fingerprint density at radius 3 is 2.73 bits per heavy atom. The number of carbonyl (C=O) groups excluding carboxylic acids is 1. The average molecular weight is 367 g/mol. The van der Waals surface area contributed by atoms with Crippen LogP contribution in [0.5, 0.6) is 5.75 Å². The van der Waals surface area contributed by atoms with Gasteiger partial charge in [-0.25, -0.2) is 0 Å². The number of rotatable bonds is 9. The smallest absolute Gasteiger partial charge is 0.237 e. The largest absolute Gasteiger partial charge is 0.487 e. The highest BCUT2D eigenvalue weighted by atomic mass is 35.5. The Hall–Kier alpha value is -0.620. The third-order valence-electron chi connectivity index (χ3n) is 3.06. The Labute approximate surface area is 147 Å². The van der Waals surface area contributed by atoms with Gasteiger partial charge in [-0.1, -0.05) is 30.7 Å². The first-order chi connectivity index (χ1) is 10.1. The summed E-state index contributed by atoms with van der Waals surface area (Å²) < 4.78 is 5.81. The van der Waals surface area contributed by atoms with Gasteiger partial charge in [-0.05, 0) is 37.0 Å². The van der Waals surface area contributed by atoms with Gasteiger partial charge in [0.25, 0.3) is 0 Å². The molecule has 0 aliphatic heterocycles. The zero-order valence-electron chi connectivity index (χ0n) is 12.9. The summed E-state index contributed by atoms with van der Waals surface area (Å²) in [6.45, 7) is 2.43. The molecule has 0 saturated carbocycles. The molecule has 0 spiro atoms. The molecule has 2 atom stereocenters. The summed E-state index contributed by atoms with van der Waals surface area (Å²) in [6, 6.07) is 6.85. The molecule has 0 radical (unpaired) electrons. The summed E-state index contributed by atoms with van der Waals surface area (Å²) in [5, 5.41) is 3.41. The minimum Gasteiger partial charge on any atom is -0.487 e. The van der Waals surface area contributed by atoms with Gasteiger partial charge in [0, 0.05) is 0 Å². The van der Waals surface area contributed by atoms with Gasteiger partial charge in [0.1, 0.15) is 11.9 Å². The van der Waals surface area contributed by atoms with Gasteiger partial charge in [0.15, 0.2) is 0 Å². The lowest BCUT2D eigenvalue weighted by Crippen LogP contribution is -2.44. The Balaban J connectivity index is 0.00000441. The quantitative estimate of drug-likeness (QED) is 0.704. The van der Waals surface area contributed by atoms with Gasteiger partial charge in [-0.15, -0.1) is 12.4 Å². The molecule has 0 heterocycles. The molecular formula is C15H24Cl2N2O2S. The number of nitrogens with one attached hydrogen (secondary N) is 1. The fourth-order valence-corrected chi connectivity index (χ4v) is 2.38. The van der Waals surface area contributed by atoms with Gasteiger partial charge in [-0.3, -0.25) is 4.79 Å². The Bertz CT molecular complexity index is 449. The summed E-state index contributed by atoms with van der Waals surface area (Å²) in [5.74, 6) is 1.37. The molecule has 0 aliphatic carbocycles. The second kappa shape index (κ2) is 11.9. The molecule has 1 aromatic rings. The predicted molar refractivity (Wildman–Crippen MR) is 97.4 cm³/mol. The van der Waals surface area contributed by atoms with Crippen molar-refractivity contribution in [2.24, 2.45) is 5.73 Å². The SMILES string of the molecule is CCC(CNC(=O)[C@@H](N)CCSC)Oc1ccccc1Cl.Cl. The predicted octanol–water partition coefficient (Wildman–Crippen LogP) is 3.12. The van der Waals surface area contributed by atoms with Crippen LogP contribution in [0.2, 0.25) is 5.02 Å². The van der Waals surface area contributed by atoms with Gasteiger partial charge >= 0.3 is 0 Å². The molecule has 0 saturated heterocycles. The van der Waals surface area contributed by atoms with E-state index in [2.05, 4.69) is 5.32 Å². The number of nitrogens with two attached hydrogens (primary N) is 1. The van der Waals surface area contributed by atoms with E-state index in [0.29, 0.717) is 23.7 Å². The van der Waals surface area contributed by atoms with E-state index in [1.807, 2.05) is 31.4 Å². The topological polar surface area (TPSA) is 64.4 Å². The van der Waals surface area contributed by atoms with Gasteiger partial charge in [0.05, 0.1) is 17.6 Å². The number of benzene rings is 1. The summed E-state index contributed by atoms with van der Waals surface area (Å²) in [4.78, 5) is 11.9. The maximum Gasteiger partial charge on any atom is 0.237 e. The number of ether oxygens (including phenoxy) is 1. The van der Waals surface area contributed by atoms with E-state index >= 15 is 0 Å². The highest BCUT2D eigenvalue weighted by Crippen LogP contribution is 2.24. The van der Waals surface area contributed by atoms with Crippen molar-refractivity contribution < 1.29 is 9.53 Å². The van der Waals surface area contributed by atoms with Crippen molar-refractivity contribution in [2.75, 3.05) is 18.6 Å². The molecule has 1 unspecified atom stereocenters. The molecule has 1 aromatic carbocycles. The number of hydrogen-bond acceptors (Lipinski definition) is 4. The number of carbonyl (C=O) groups is 1. The van der Waals surface area contributed by atoms with Crippen molar-refractivity contribution in [1.82, 2.24) is 5.32 Å². The third-order valence-corrected chi connectivity index (χ3v) is 4.02. The van der Waals surface area contributed by atoms with E-state index < -0.39 is 6.04 Å². The van der Waals surface area contributed by atoms with Crippen molar-refractivity contribution in [3.05, 3.63) is 29.3 Å². The van der Waals surface area contributed by atoms with Crippen molar-refractivity contribution in [3.63, 3.8) is 0 Å². The van der Waals surface area contributed by atoms with E-state index in [-0.39, 0.29) is 24.4 Å². The lowest BCUT2D eigenvalue weighted by atomic mass is 10.2. The molecule has 22 heavy (non-hydrogen) atoms. The van der Waals surface area contributed by atoms with Crippen molar-refractivity contribution in [3.8, 4) is 5.75 Å². The molecule has 1 amide bonds. The van der Waals surface area contributed by atoms with Gasteiger partial charge in [0.2, 0.25) is 5.91 Å². The summed E-state index contributed by atoms with van der Waals surface area (Å²) in [5.41, 5.74) is 5.82. The number of hydrogen-bond donors (Lipinski definition) is 2. The lowest BCUT2D eigenvalue weighted by Gasteiger charge is -2.20. The standard InChI is InChI=1S/C15H23ClN2O2S.ClH/c1-3-11(20-14-7-5-4-6-12(14)16)10-18-15(19)13(17)8-9-21-2;/h4-7,11,13H,3,8-10,17H2,1-2H3,(H,18,19);1H/t11?,13-;/m0./s1. The lowest BCUT2D eigenvalue weighted by molar-refractivity contribution is -0.122. The Morgan fingerprint density at radius 1 is 1.45 bits per heavy atom. The fourth-order valence-electron chi connectivity index (χ4n) is 1.71. The van der Waals surface area contributed by atoms with Gasteiger partial charge < -0.3 is 15.8 Å². The molecule has 0 bridgehead atoms. The van der Waals surface area contributed by atoms with Crippen molar-refractivity contribution in [1.29, 1.82) is 0 Å². The third kappa shape index (κ3) is 7.58. The monoisotopic (exact) mass is 366 g/mol.